The predicted octanol–water partition coefficient (Wildman–Crippen LogP) is 1.35. The van der Waals surface area contributed by atoms with Crippen molar-refractivity contribution < 1.29 is 9.15 Å². The Kier molecular flexibility index (Phi) is 3.98. The molecule has 1 fully saturated rings. The van der Waals surface area contributed by atoms with Crippen LogP contribution in [0.5, 0.6) is 0 Å². The maximum Gasteiger partial charge on any atom is 0.122 e. The van der Waals surface area contributed by atoms with Gasteiger partial charge >= 0.3 is 0 Å². The molecule has 0 unspecified atom stereocenters. The lowest BCUT2D eigenvalue weighted by molar-refractivity contribution is 0.0386. The Morgan fingerprint density at radius 3 is 2.88 bits per heavy atom. The van der Waals surface area contributed by atoms with Gasteiger partial charge in [-0.05, 0) is 26.0 Å². The largest absolute Gasteiger partial charge is 0.468 e. The second-order valence-electron chi connectivity index (χ2n) is 4.33. The Morgan fingerprint density at radius 2 is 2.19 bits per heavy atom. The zero-order chi connectivity index (χ0) is 11.4. The second-order valence-corrected chi connectivity index (χ2v) is 4.33. The van der Waals surface area contributed by atoms with Gasteiger partial charge in [0.15, 0.2) is 0 Å². The number of nitrogens with two attached hydrogens (primary N) is 1. The molecule has 0 spiro atoms. The van der Waals surface area contributed by atoms with Crippen LogP contribution in [0.2, 0.25) is 0 Å². The number of furan rings is 1. The fourth-order valence-electron chi connectivity index (χ4n) is 2.17. The Labute approximate surface area is 96.4 Å². The highest BCUT2D eigenvalue weighted by molar-refractivity contribution is 5.16. The normalized spacial score (nSPS) is 18.2. The molecule has 1 aliphatic heterocycles. The van der Waals surface area contributed by atoms with Gasteiger partial charge in [-0.2, -0.15) is 0 Å². The summed E-state index contributed by atoms with van der Waals surface area (Å²) in [5.41, 5.74) is 6.76. The summed E-state index contributed by atoms with van der Waals surface area (Å²) in [5.74, 6) is 0.997. The van der Waals surface area contributed by atoms with E-state index in [1.54, 1.807) is 6.26 Å². The van der Waals surface area contributed by atoms with Crippen LogP contribution in [0.3, 0.4) is 0 Å². The van der Waals surface area contributed by atoms with Crippen molar-refractivity contribution in [3.05, 3.63) is 23.7 Å². The molecule has 2 heterocycles. The lowest BCUT2D eigenvalue weighted by Crippen LogP contribution is -2.36. The first-order chi connectivity index (χ1) is 7.81. The summed E-state index contributed by atoms with van der Waals surface area (Å²) in [7, 11) is 2.14. The Hall–Kier alpha value is -0.840. The highest BCUT2D eigenvalue weighted by Gasteiger charge is 2.19. The minimum absolute atomic E-state index is 0.549. The van der Waals surface area contributed by atoms with Crippen LogP contribution < -0.4 is 5.73 Å². The third kappa shape index (κ3) is 2.64. The summed E-state index contributed by atoms with van der Waals surface area (Å²) in [6.45, 7) is 3.13. The van der Waals surface area contributed by atoms with Gasteiger partial charge in [-0.3, -0.25) is 4.90 Å². The highest BCUT2D eigenvalue weighted by Crippen LogP contribution is 2.18. The van der Waals surface area contributed by atoms with Gasteiger partial charge < -0.3 is 14.9 Å². The van der Waals surface area contributed by atoms with Crippen LogP contribution in [0.4, 0.5) is 0 Å². The molecule has 1 aromatic heterocycles. The molecule has 0 radical (unpaired) electrons. The molecule has 0 aromatic carbocycles. The summed E-state index contributed by atoms with van der Waals surface area (Å²) in [6, 6.07) is 2.55. The van der Waals surface area contributed by atoms with Crippen molar-refractivity contribution in [3.8, 4) is 0 Å². The molecule has 0 saturated carbocycles. The van der Waals surface area contributed by atoms with Crippen LogP contribution in [0.1, 0.15) is 24.2 Å². The maximum atomic E-state index is 5.65. The van der Waals surface area contributed by atoms with Crippen molar-refractivity contribution in [1.82, 2.24) is 4.90 Å². The molecule has 4 nitrogen and oxygen atoms in total. The molecule has 2 rings (SSSR count). The zero-order valence-corrected chi connectivity index (χ0v) is 9.82. The highest BCUT2D eigenvalue weighted by atomic mass is 16.5. The van der Waals surface area contributed by atoms with Crippen molar-refractivity contribution in [3.63, 3.8) is 0 Å². The van der Waals surface area contributed by atoms with Crippen LogP contribution in [0.15, 0.2) is 16.7 Å². The Bertz CT molecular complexity index is 319. The van der Waals surface area contributed by atoms with Gasteiger partial charge in [0.1, 0.15) is 5.76 Å². The first-order valence-electron chi connectivity index (χ1n) is 5.84. The SMILES string of the molecule is CN(Cc1occc1CN)C1CCOCC1. The lowest BCUT2D eigenvalue weighted by Gasteiger charge is -2.30. The quantitative estimate of drug-likeness (QED) is 0.838. The average molecular weight is 224 g/mol. The molecule has 0 atom stereocenters. The fourth-order valence-corrected chi connectivity index (χ4v) is 2.17. The standard InChI is InChI=1S/C12H20N2O2/c1-14(11-3-5-15-6-4-11)9-12-10(8-13)2-7-16-12/h2,7,11H,3-6,8-9,13H2,1H3. The number of rotatable bonds is 4. The molecule has 0 bridgehead atoms. The van der Waals surface area contributed by atoms with Gasteiger partial charge in [0, 0.05) is 31.4 Å². The van der Waals surface area contributed by atoms with Gasteiger partial charge in [0.2, 0.25) is 0 Å². The van der Waals surface area contributed by atoms with Gasteiger partial charge in [-0.25, -0.2) is 0 Å². The third-order valence-corrected chi connectivity index (χ3v) is 3.26. The second kappa shape index (κ2) is 5.48. The van der Waals surface area contributed by atoms with E-state index in [0.717, 1.165) is 43.9 Å². The van der Waals surface area contributed by atoms with Crippen molar-refractivity contribution in [2.45, 2.75) is 32.0 Å². The summed E-state index contributed by atoms with van der Waals surface area (Å²) in [4.78, 5) is 2.33. The third-order valence-electron chi connectivity index (χ3n) is 3.26. The molecule has 0 amide bonds. The van der Waals surface area contributed by atoms with Crippen LogP contribution in [-0.2, 0) is 17.8 Å². The molecular formula is C12H20N2O2. The predicted molar refractivity (Wildman–Crippen MR) is 61.9 cm³/mol. The summed E-state index contributed by atoms with van der Waals surface area (Å²) >= 11 is 0. The molecule has 90 valence electrons. The monoisotopic (exact) mass is 224 g/mol. The first kappa shape index (κ1) is 11.6. The van der Waals surface area contributed by atoms with Gasteiger partial charge in [0.05, 0.1) is 12.8 Å². The van der Waals surface area contributed by atoms with E-state index in [-0.39, 0.29) is 0 Å². The van der Waals surface area contributed by atoms with E-state index in [0.29, 0.717) is 12.6 Å². The van der Waals surface area contributed by atoms with Gasteiger partial charge in [0.25, 0.3) is 0 Å². The van der Waals surface area contributed by atoms with Crippen LogP contribution in [0, 0.1) is 0 Å². The van der Waals surface area contributed by atoms with Crippen LogP contribution in [-0.4, -0.2) is 31.2 Å². The van der Waals surface area contributed by atoms with E-state index < -0.39 is 0 Å². The molecule has 4 heteroatoms. The molecule has 1 aromatic rings. The van der Waals surface area contributed by atoms with Crippen molar-refractivity contribution in [2.75, 3.05) is 20.3 Å². The fraction of sp³-hybridized carbons (Fsp3) is 0.667. The Morgan fingerprint density at radius 1 is 1.44 bits per heavy atom. The molecule has 1 aliphatic rings. The Balaban J connectivity index is 1.93. The van der Waals surface area contributed by atoms with E-state index in [4.69, 9.17) is 14.9 Å². The first-order valence-corrected chi connectivity index (χ1v) is 5.84. The molecular weight excluding hydrogens is 204 g/mol. The van der Waals surface area contributed by atoms with Crippen LogP contribution in [0.25, 0.3) is 0 Å². The lowest BCUT2D eigenvalue weighted by atomic mass is 10.1. The van der Waals surface area contributed by atoms with Crippen molar-refractivity contribution in [1.29, 1.82) is 0 Å². The summed E-state index contributed by atoms with van der Waals surface area (Å²) in [5, 5.41) is 0. The maximum absolute atomic E-state index is 5.65. The van der Waals surface area contributed by atoms with E-state index in [9.17, 15) is 0 Å². The average Bonchev–Trinajstić information content (AvgIpc) is 2.77. The van der Waals surface area contributed by atoms with Crippen molar-refractivity contribution in [2.24, 2.45) is 5.73 Å². The molecule has 1 saturated heterocycles. The van der Waals surface area contributed by atoms with Gasteiger partial charge in [-0.15, -0.1) is 0 Å². The van der Waals surface area contributed by atoms with E-state index in [1.165, 1.54) is 0 Å². The number of ether oxygens (including phenoxy) is 1. The minimum atomic E-state index is 0.549. The number of hydrogen-bond acceptors (Lipinski definition) is 4. The minimum Gasteiger partial charge on any atom is -0.468 e. The topological polar surface area (TPSA) is 51.6 Å². The van der Waals surface area contributed by atoms with E-state index in [1.807, 2.05) is 6.07 Å². The molecule has 2 N–H and O–H groups in total. The summed E-state index contributed by atoms with van der Waals surface area (Å²) in [6.07, 6.45) is 3.93. The smallest absolute Gasteiger partial charge is 0.122 e. The number of nitrogens with zero attached hydrogens (tertiary/aromatic N) is 1. The van der Waals surface area contributed by atoms with Gasteiger partial charge in [-0.1, -0.05) is 0 Å². The van der Waals surface area contributed by atoms with Crippen molar-refractivity contribution >= 4 is 0 Å². The molecule has 0 aliphatic carbocycles. The zero-order valence-electron chi connectivity index (χ0n) is 9.82. The van der Waals surface area contributed by atoms with E-state index >= 15 is 0 Å². The summed E-state index contributed by atoms with van der Waals surface area (Å²) < 4.78 is 10.8. The molecule has 16 heavy (non-hydrogen) atoms. The van der Waals surface area contributed by atoms with Crippen LogP contribution >= 0.6 is 0 Å². The van der Waals surface area contributed by atoms with E-state index in [2.05, 4.69) is 11.9 Å². The number of hydrogen-bond donors (Lipinski definition) is 1.